The van der Waals surface area contributed by atoms with E-state index in [0.29, 0.717) is 5.56 Å². The van der Waals surface area contributed by atoms with Crippen LogP contribution in [0.3, 0.4) is 0 Å². The molecule has 2 aliphatic rings. The van der Waals surface area contributed by atoms with Crippen LogP contribution in [0, 0.1) is 12.8 Å². The molecule has 2 fully saturated rings. The van der Waals surface area contributed by atoms with Gasteiger partial charge in [0, 0.05) is 54.7 Å². The van der Waals surface area contributed by atoms with Gasteiger partial charge in [-0.1, -0.05) is 0 Å². The summed E-state index contributed by atoms with van der Waals surface area (Å²) in [6.07, 6.45) is 1.94. The first-order valence-electron chi connectivity index (χ1n) is 10.3. The van der Waals surface area contributed by atoms with E-state index < -0.39 is 0 Å². The Morgan fingerprint density at radius 3 is 2.17 bits per heavy atom. The summed E-state index contributed by atoms with van der Waals surface area (Å²) in [6, 6.07) is 13.1. The molecule has 0 radical (unpaired) electrons. The average Bonchev–Trinajstić information content (AvgIpc) is 3.55. The van der Waals surface area contributed by atoms with Crippen molar-refractivity contribution in [1.29, 1.82) is 0 Å². The van der Waals surface area contributed by atoms with E-state index in [1.165, 1.54) is 5.69 Å². The number of carbonyl (C=O) groups excluding carboxylic acids is 2. The number of hydrogen-bond donors (Lipinski definition) is 2. The summed E-state index contributed by atoms with van der Waals surface area (Å²) in [5, 5.41) is 5.86. The second-order valence-corrected chi connectivity index (χ2v) is 8.09. The third-order valence-electron chi connectivity index (χ3n) is 5.66. The highest BCUT2D eigenvalue weighted by atomic mass is 16.2. The molecule has 0 unspecified atom stereocenters. The molecule has 152 valence electrons. The van der Waals surface area contributed by atoms with Crippen molar-refractivity contribution in [2.75, 3.05) is 48.8 Å². The molecular formula is C23H28N4O2. The van der Waals surface area contributed by atoms with Gasteiger partial charge in [-0.05, 0) is 74.8 Å². The maximum atomic E-state index is 12.6. The molecule has 2 N–H and O–H groups in total. The number of carbonyl (C=O) groups is 2. The first-order chi connectivity index (χ1) is 14.0. The smallest absolute Gasteiger partial charge is 0.255 e. The summed E-state index contributed by atoms with van der Waals surface area (Å²) in [6.45, 7) is 6.25. The molecule has 6 nitrogen and oxygen atoms in total. The number of aryl methyl sites for hydroxylation is 1. The molecule has 1 aliphatic carbocycles. The van der Waals surface area contributed by atoms with Crippen LogP contribution in [0.5, 0.6) is 0 Å². The summed E-state index contributed by atoms with van der Waals surface area (Å²) in [5.41, 5.74) is 4.47. The Labute approximate surface area is 171 Å². The van der Waals surface area contributed by atoms with E-state index in [9.17, 15) is 9.59 Å². The molecule has 0 spiro atoms. The van der Waals surface area contributed by atoms with Crippen molar-refractivity contribution in [2.45, 2.75) is 19.8 Å². The van der Waals surface area contributed by atoms with Crippen LogP contribution < -0.4 is 15.5 Å². The van der Waals surface area contributed by atoms with Crippen LogP contribution in [0.15, 0.2) is 42.5 Å². The molecule has 2 amide bonds. The van der Waals surface area contributed by atoms with E-state index >= 15 is 0 Å². The van der Waals surface area contributed by atoms with Crippen molar-refractivity contribution >= 4 is 28.9 Å². The van der Waals surface area contributed by atoms with Gasteiger partial charge in [-0.15, -0.1) is 0 Å². The average molecular weight is 393 g/mol. The Balaban J connectivity index is 1.37. The van der Waals surface area contributed by atoms with E-state index in [-0.39, 0.29) is 17.7 Å². The van der Waals surface area contributed by atoms with Gasteiger partial charge in [0.2, 0.25) is 5.91 Å². The van der Waals surface area contributed by atoms with E-state index in [1.807, 2.05) is 12.1 Å². The maximum Gasteiger partial charge on any atom is 0.255 e. The molecule has 0 aromatic heterocycles. The molecule has 1 saturated carbocycles. The molecule has 2 aromatic carbocycles. The van der Waals surface area contributed by atoms with Gasteiger partial charge in [-0.2, -0.15) is 0 Å². The number of benzene rings is 2. The monoisotopic (exact) mass is 392 g/mol. The van der Waals surface area contributed by atoms with Crippen LogP contribution in [0.25, 0.3) is 0 Å². The summed E-state index contributed by atoms with van der Waals surface area (Å²) in [4.78, 5) is 29.1. The van der Waals surface area contributed by atoms with Crippen molar-refractivity contribution < 1.29 is 9.59 Å². The lowest BCUT2D eigenvalue weighted by Crippen LogP contribution is -2.44. The first kappa shape index (κ1) is 19.5. The SMILES string of the molecule is Cc1cc(NC(=O)c2ccc(NC(=O)C3CC3)cc2)ccc1N1CCN(C)CC1. The number of nitrogens with one attached hydrogen (secondary N) is 2. The minimum Gasteiger partial charge on any atom is -0.369 e. The minimum atomic E-state index is -0.156. The molecule has 1 saturated heterocycles. The number of likely N-dealkylation sites (N-methyl/N-ethyl adjacent to an activating group) is 1. The number of nitrogens with zero attached hydrogens (tertiary/aromatic N) is 2. The first-order valence-corrected chi connectivity index (χ1v) is 10.3. The van der Waals surface area contributed by atoms with Gasteiger partial charge < -0.3 is 20.4 Å². The van der Waals surface area contributed by atoms with Crippen molar-refractivity contribution in [2.24, 2.45) is 5.92 Å². The van der Waals surface area contributed by atoms with Crippen LogP contribution in [0.2, 0.25) is 0 Å². The zero-order chi connectivity index (χ0) is 20.4. The van der Waals surface area contributed by atoms with Crippen molar-refractivity contribution in [3.8, 4) is 0 Å². The highest BCUT2D eigenvalue weighted by Gasteiger charge is 2.29. The predicted octanol–water partition coefficient (Wildman–Crippen LogP) is 3.35. The molecule has 0 bridgehead atoms. The van der Waals surface area contributed by atoms with E-state index in [2.05, 4.69) is 40.5 Å². The van der Waals surface area contributed by atoms with Crippen LogP contribution >= 0.6 is 0 Å². The van der Waals surface area contributed by atoms with E-state index in [1.54, 1.807) is 24.3 Å². The van der Waals surface area contributed by atoms with Crippen molar-refractivity contribution in [3.05, 3.63) is 53.6 Å². The quantitative estimate of drug-likeness (QED) is 0.819. The van der Waals surface area contributed by atoms with E-state index in [0.717, 1.165) is 56.0 Å². The maximum absolute atomic E-state index is 12.6. The molecule has 4 rings (SSSR count). The van der Waals surface area contributed by atoms with Gasteiger partial charge in [-0.25, -0.2) is 0 Å². The lowest BCUT2D eigenvalue weighted by Gasteiger charge is -2.35. The van der Waals surface area contributed by atoms with Crippen LogP contribution in [-0.4, -0.2) is 49.9 Å². The third-order valence-corrected chi connectivity index (χ3v) is 5.66. The Kier molecular flexibility index (Phi) is 5.53. The normalized spacial score (nSPS) is 17.1. The van der Waals surface area contributed by atoms with Gasteiger partial charge in [0.1, 0.15) is 0 Å². The molecule has 29 heavy (non-hydrogen) atoms. The standard InChI is InChI=1S/C23H28N4O2/c1-16-15-20(9-10-21(16)27-13-11-26(2)12-14-27)25-23(29)18-5-7-19(8-6-18)24-22(28)17-3-4-17/h5-10,15,17H,3-4,11-14H2,1-2H3,(H,24,28)(H,25,29). The largest absolute Gasteiger partial charge is 0.369 e. The predicted molar refractivity (Wildman–Crippen MR) is 117 cm³/mol. The molecule has 0 atom stereocenters. The Morgan fingerprint density at radius 1 is 0.897 bits per heavy atom. The van der Waals surface area contributed by atoms with Crippen LogP contribution in [0.1, 0.15) is 28.8 Å². The fourth-order valence-corrected chi connectivity index (χ4v) is 3.63. The van der Waals surface area contributed by atoms with Gasteiger partial charge in [0.15, 0.2) is 0 Å². The lowest BCUT2D eigenvalue weighted by atomic mass is 10.1. The van der Waals surface area contributed by atoms with Crippen LogP contribution in [0.4, 0.5) is 17.1 Å². The number of hydrogen-bond acceptors (Lipinski definition) is 4. The topological polar surface area (TPSA) is 64.7 Å². The molecular weight excluding hydrogens is 364 g/mol. The highest BCUT2D eigenvalue weighted by molar-refractivity contribution is 6.05. The Bertz CT molecular complexity index is 898. The van der Waals surface area contributed by atoms with Crippen LogP contribution in [-0.2, 0) is 4.79 Å². The zero-order valence-corrected chi connectivity index (χ0v) is 17.1. The molecule has 2 aromatic rings. The summed E-state index contributed by atoms with van der Waals surface area (Å²) < 4.78 is 0. The summed E-state index contributed by atoms with van der Waals surface area (Å²) in [7, 11) is 2.15. The second kappa shape index (κ2) is 8.25. The molecule has 6 heteroatoms. The summed E-state index contributed by atoms with van der Waals surface area (Å²) >= 11 is 0. The fourth-order valence-electron chi connectivity index (χ4n) is 3.63. The highest BCUT2D eigenvalue weighted by Crippen LogP contribution is 2.30. The molecule has 1 aliphatic heterocycles. The number of piperazine rings is 1. The van der Waals surface area contributed by atoms with Gasteiger partial charge in [0.25, 0.3) is 5.91 Å². The second-order valence-electron chi connectivity index (χ2n) is 8.09. The van der Waals surface area contributed by atoms with Gasteiger partial charge >= 0.3 is 0 Å². The van der Waals surface area contributed by atoms with E-state index in [4.69, 9.17) is 0 Å². The van der Waals surface area contributed by atoms with Gasteiger partial charge in [0.05, 0.1) is 0 Å². The fraction of sp³-hybridized carbons (Fsp3) is 0.391. The van der Waals surface area contributed by atoms with Crippen molar-refractivity contribution in [3.63, 3.8) is 0 Å². The molecule has 1 heterocycles. The summed E-state index contributed by atoms with van der Waals surface area (Å²) in [5.74, 6) is 0.0740. The van der Waals surface area contributed by atoms with Crippen molar-refractivity contribution in [1.82, 2.24) is 4.90 Å². The lowest BCUT2D eigenvalue weighted by molar-refractivity contribution is -0.117. The Morgan fingerprint density at radius 2 is 1.55 bits per heavy atom. The Hall–Kier alpha value is -2.86. The zero-order valence-electron chi connectivity index (χ0n) is 17.1. The minimum absolute atomic E-state index is 0.0677. The third kappa shape index (κ3) is 4.77. The number of rotatable bonds is 5. The number of anilines is 3. The number of amides is 2. The van der Waals surface area contributed by atoms with Gasteiger partial charge in [-0.3, -0.25) is 9.59 Å².